The summed E-state index contributed by atoms with van der Waals surface area (Å²) in [6.45, 7) is 1.83. The van der Waals surface area contributed by atoms with Crippen LogP contribution in [0.2, 0.25) is 0 Å². The van der Waals surface area contributed by atoms with Crippen LogP contribution in [0.15, 0.2) is 75.2 Å². The van der Waals surface area contributed by atoms with Crippen molar-refractivity contribution in [3.63, 3.8) is 0 Å². The zero-order valence-corrected chi connectivity index (χ0v) is 15.6. The third-order valence-corrected chi connectivity index (χ3v) is 4.11. The first-order valence-corrected chi connectivity index (χ1v) is 8.03. The minimum absolute atomic E-state index is 0. The molecular formula is C18H17BrN2O2S. The van der Waals surface area contributed by atoms with Gasteiger partial charge in [0.1, 0.15) is 5.76 Å². The van der Waals surface area contributed by atoms with Gasteiger partial charge in [0.2, 0.25) is 5.89 Å². The smallest absolute Gasteiger partial charge is 0.281 e. The number of aliphatic hydroxyl groups is 1. The lowest BCUT2D eigenvalue weighted by molar-refractivity contribution is 0.420. The molecule has 0 aliphatic heterocycles. The number of aliphatic hydroxyl groups excluding tert-OH is 1. The van der Waals surface area contributed by atoms with E-state index in [1.54, 1.807) is 0 Å². The van der Waals surface area contributed by atoms with Gasteiger partial charge in [-0.2, -0.15) is 0 Å². The predicted molar refractivity (Wildman–Crippen MR) is 101 cm³/mol. The number of thioether (sulfide) groups is 1. The minimum atomic E-state index is 0. The molecule has 0 bridgehead atoms. The van der Waals surface area contributed by atoms with Crippen LogP contribution in [0.25, 0.3) is 5.76 Å². The fraction of sp³-hybridized carbons (Fsp3) is 0.111. The van der Waals surface area contributed by atoms with Gasteiger partial charge in [-0.15, -0.1) is 27.2 Å². The van der Waals surface area contributed by atoms with Crippen molar-refractivity contribution in [3.05, 3.63) is 82.6 Å². The van der Waals surface area contributed by atoms with Crippen molar-refractivity contribution in [3.8, 4) is 0 Å². The van der Waals surface area contributed by atoms with Gasteiger partial charge >= 0.3 is 0 Å². The van der Waals surface area contributed by atoms with Gasteiger partial charge in [0, 0.05) is 10.5 Å². The Balaban J connectivity index is 0.00000208. The SMILES string of the molecule is Br.CC(Sc1nnc(Cc2ccccc2)o1)=C(O)c1ccccc1. The lowest BCUT2D eigenvalue weighted by Crippen LogP contribution is -1.87. The number of allylic oxidation sites excluding steroid dienone is 1. The highest BCUT2D eigenvalue weighted by Gasteiger charge is 2.11. The molecular weight excluding hydrogens is 388 g/mol. The van der Waals surface area contributed by atoms with Crippen LogP contribution >= 0.6 is 28.7 Å². The number of halogens is 1. The van der Waals surface area contributed by atoms with E-state index in [1.807, 2.05) is 67.6 Å². The molecule has 0 aliphatic rings. The molecule has 0 saturated carbocycles. The summed E-state index contributed by atoms with van der Waals surface area (Å²) in [6, 6.07) is 19.3. The predicted octanol–water partition coefficient (Wildman–Crippen LogP) is 5.28. The fourth-order valence-electron chi connectivity index (χ4n) is 2.10. The molecule has 0 amide bonds. The van der Waals surface area contributed by atoms with Crippen molar-refractivity contribution in [1.29, 1.82) is 0 Å². The van der Waals surface area contributed by atoms with E-state index in [9.17, 15) is 5.11 Å². The lowest BCUT2D eigenvalue weighted by atomic mass is 10.2. The van der Waals surface area contributed by atoms with Crippen molar-refractivity contribution in [2.24, 2.45) is 0 Å². The van der Waals surface area contributed by atoms with Gasteiger partial charge in [-0.05, 0) is 24.2 Å². The van der Waals surface area contributed by atoms with Gasteiger partial charge < -0.3 is 9.52 Å². The second-order valence-corrected chi connectivity index (χ2v) is 6.16. The second-order valence-electron chi connectivity index (χ2n) is 5.00. The van der Waals surface area contributed by atoms with Crippen LogP contribution in [0.5, 0.6) is 0 Å². The fourth-order valence-corrected chi connectivity index (χ4v) is 2.80. The molecule has 0 radical (unpaired) electrons. The van der Waals surface area contributed by atoms with E-state index < -0.39 is 0 Å². The molecule has 124 valence electrons. The average molecular weight is 405 g/mol. The molecule has 0 fully saturated rings. The number of hydrogen-bond donors (Lipinski definition) is 1. The highest BCUT2D eigenvalue weighted by Crippen LogP contribution is 2.30. The van der Waals surface area contributed by atoms with Crippen LogP contribution in [0.1, 0.15) is 23.9 Å². The Bertz CT molecular complexity index is 804. The van der Waals surface area contributed by atoms with Crippen molar-refractivity contribution in [2.45, 2.75) is 18.6 Å². The number of nitrogens with zero attached hydrogens (tertiary/aromatic N) is 2. The van der Waals surface area contributed by atoms with Crippen LogP contribution in [-0.4, -0.2) is 15.3 Å². The average Bonchev–Trinajstić information content (AvgIpc) is 3.02. The summed E-state index contributed by atoms with van der Waals surface area (Å²) in [7, 11) is 0. The van der Waals surface area contributed by atoms with Crippen LogP contribution < -0.4 is 0 Å². The Hall–Kier alpha value is -2.05. The van der Waals surface area contributed by atoms with Crippen molar-refractivity contribution < 1.29 is 9.52 Å². The first-order valence-electron chi connectivity index (χ1n) is 7.22. The molecule has 2 aromatic carbocycles. The van der Waals surface area contributed by atoms with Gasteiger partial charge in [0.15, 0.2) is 0 Å². The molecule has 24 heavy (non-hydrogen) atoms. The summed E-state index contributed by atoms with van der Waals surface area (Å²) in [5.74, 6) is 0.782. The van der Waals surface area contributed by atoms with Gasteiger partial charge in [0.05, 0.1) is 6.42 Å². The van der Waals surface area contributed by atoms with Gasteiger partial charge in [-0.25, -0.2) is 0 Å². The molecule has 0 atom stereocenters. The summed E-state index contributed by atoms with van der Waals surface area (Å²) in [4.78, 5) is 0.714. The van der Waals surface area contributed by atoms with Crippen LogP contribution in [0.4, 0.5) is 0 Å². The van der Waals surface area contributed by atoms with Gasteiger partial charge in [-0.3, -0.25) is 0 Å². The second kappa shape index (κ2) is 8.70. The summed E-state index contributed by atoms with van der Waals surface area (Å²) in [6.07, 6.45) is 0.599. The molecule has 3 aromatic rings. The highest BCUT2D eigenvalue weighted by molar-refractivity contribution is 8.93. The minimum Gasteiger partial charge on any atom is -0.506 e. The van der Waals surface area contributed by atoms with E-state index >= 15 is 0 Å². The maximum atomic E-state index is 10.3. The van der Waals surface area contributed by atoms with E-state index in [-0.39, 0.29) is 22.7 Å². The van der Waals surface area contributed by atoms with E-state index in [4.69, 9.17) is 4.42 Å². The van der Waals surface area contributed by atoms with Crippen LogP contribution in [0, 0.1) is 0 Å². The summed E-state index contributed by atoms with van der Waals surface area (Å²) >= 11 is 1.27. The number of rotatable bonds is 5. The van der Waals surface area contributed by atoms with Crippen molar-refractivity contribution in [2.75, 3.05) is 0 Å². The topological polar surface area (TPSA) is 59.2 Å². The van der Waals surface area contributed by atoms with Crippen molar-refractivity contribution >= 4 is 34.5 Å². The maximum absolute atomic E-state index is 10.3. The Morgan fingerprint density at radius 3 is 2.29 bits per heavy atom. The third-order valence-electron chi connectivity index (χ3n) is 3.27. The molecule has 0 unspecified atom stereocenters. The van der Waals surface area contributed by atoms with E-state index in [0.29, 0.717) is 22.4 Å². The molecule has 1 aromatic heterocycles. The Labute approximate surface area is 155 Å². The summed E-state index contributed by atoms with van der Waals surface area (Å²) in [5.41, 5.74) is 1.88. The largest absolute Gasteiger partial charge is 0.506 e. The zero-order chi connectivity index (χ0) is 16.1. The molecule has 3 rings (SSSR count). The standard InChI is InChI=1S/C18H16N2O2S.BrH/c1-13(17(21)15-10-6-3-7-11-15)23-18-20-19-16(22-18)12-14-8-4-2-5-9-14;/h2-11,21H,12H2,1H3;1H. The summed E-state index contributed by atoms with van der Waals surface area (Å²) in [5, 5.41) is 18.8. The zero-order valence-electron chi connectivity index (χ0n) is 13.0. The Kier molecular flexibility index (Phi) is 6.63. The van der Waals surface area contributed by atoms with Crippen LogP contribution in [-0.2, 0) is 6.42 Å². The molecule has 4 nitrogen and oxygen atoms in total. The van der Waals surface area contributed by atoms with Gasteiger partial charge in [0.25, 0.3) is 5.22 Å². The highest BCUT2D eigenvalue weighted by atomic mass is 79.9. The summed E-state index contributed by atoms with van der Waals surface area (Å²) < 4.78 is 5.64. The molecule has 6 heteroatoms. The van der Waals surface area contributed by atoms with Crippen molar-refractivity contribution in [1.82, 2.24) is 10.2 Å². The van der Waals surface area contributed by atoms with Crippen LogP contribution in [0.3, 0.4) is 0 Å². The molecule has 1 heterocycles. The Morgan fingerprint density at radius 2 is 1.62 bits per heavy atom. The third kappa shape index (κ3) is 4.72. The van der Waals surface area contributed by atoms with Gasteiger partial charge in [-0.1, -0.05) is 60.7 Å². The molecule has 0 saturated heterocycles. The monoisotopic (exact) mass is 404 g/mol. The first kappa shape index (κ1) is 18.3. The maximum Gasteiger partial charge on any atom is 0.281 e. The molecule has 0 spiro atoms. The Morgan fingerprint density at radius 1 is 1.00 bits per heavy atom. The van der Waals surface area contributed by atoms with E-state index in [1.165, 1.54) is 11.8 Å². The van der Waals surface area contributed by atoms with E-state index in [0.717, 1.165) is 11.1 Å². The lowest BCUT2D eigenvalue weighted by Gasteiger charge is -2.03. The first-order chi connectivity index (χ1) is 11.2. The molecule has 0 aliphatic carbocycles. The molecule has 1 N–H and O–H groups in total. The quantitative estimate of drug-likeness (QED) is 0.463. The van der Waals surface area contributed by atoms with E-state index in [2.05, 4.69) is 10.2 Å². The number of hydrogen-bond acceptors (Lipinski definition) is 5. The normalized spacial score (nSPS) is 11.5. The number of benzene rings is 2. The number of aromatic nitrogens is 2.